The summed E-state index contributed by atoms with van der Waals surface area (Å²) in [5.41, 5.74) is -0.806. The number of benzene rings is 2. The minimum absolute atomic E-state index is 0.0255. The molecule has 1 aromatic heterocycles. The highest BCUT2D eigenvalue weighted by molar-refractivity contribution is 6.00. The third-order valence-corrected chi connectivity index (χ3v) is 15.3. The summed E-state index contributed by atoms with van der Waals surface area (Å²) in [6, 6.07) is 17.4. The first kappa shape index (κ1) is 52.8. The standard InChI is InChI=1S/C55H74N4O11/c1-12-44-55(8)48(59(53(64)70-55)32-39-24-25-58(11)31-39)35(4)45(60)33(2)29-54(7,65-26-18-19-38-28-41-22-16-17-23-42(41)56-30-38)49(36(5)46(61)37(6)50(62)67-44)69-52-47(43(57(9)10)27-34(3)66-52)68-51(63)40-20-14-13-15-21-40/h13-23,28,30,33-37,39,43-44,47-49,52H,12,24-27,29,31-32H2,1-11H3/b19-18+/t33-,34-,35+,36+,37-,39?,43+,44-,47-,48-,49-,52+,54-,55-/m1/s1. The number of pyridine rings is 1. The number of carbonyl (C=O) groups excluding carboxylic acids is 5. The Hall–Kier alpha value is -5.06. The van der Waals surface area contributed by atoms with Gasteiger partial charge in [-0.15, -0.1) is 0 Å². The van der Waals surface area contributed by atoms with Gasteiger partial charge in [0.25, 0.3) is 0 Å². The molecule has 0 aliphatic carbocycles. The normalized spacial score (nSPS) is 34.9. The van der Waals surface area contributed by atoms with Gasteiger partial charge >= 0.3 is 18.0 Å². The van der Waals surface area contributed by atoms with Crippen LogP contribution in [0.4, 0.5) is 4.79 Å². The largest absolute Gasteiger partial charge is 0.458 e. The maximum absolute atomic E-state index is 15.3. The van der Waals surface area contributed by atoms with Crippen molar-refractivity contribution in [3.8, 4) is 0 Å². The monoisotopic (exact) mass is 967 g/mol. The van der Waals surface area contributed by atoms with E-state index < -0.39 is 89.3 Å². The van der Waals surface area contributed by atoms with Crippen molar-refractivity contribution in [3.05, 3.63) is 84.1 Å². The molecule has 0 N–H and O–H groups in total. The summed E-state index contributed by atoms with van der Waals surface area (Å²) >= 11 is 0. The Kier molecular flexibility index (Phi) is 16.7. The van der Waals surface area contributed by atoms with Crippen LogP contribution < -0.4 is 0 Å². The minimum atomic E-state index is -1.44. The Bertz CT molecular complexity index is 2380. The number of cyclic esters (lactones) is 1. The van der Waals surface area contributed by atoms with Crippen molar-refractivity contribution in [2.45, 2.75) is 135 Å². The second-order valence-corrected chi connectivity index (χ2v) is 21.0. The summed E-state index contributed by atoms with van der Waals surface area (Å²) in [6.45, 7) is 16.2. The molecule has 5 heterocycles. The van der Waals surface area contributed by atoms with Gasteiger partial charge in [-0.2, -0.15) is 0 Å². The first-order valence-corrected chi connectivity index (χ1v) is 25.1. The lowest BCUT2D eigenvalue weighted by atomic mass is 9.73. The van der Waals surface area contributed by atoms with Gasteiger partial charge in [-0.3, -0.25) is 24.3 Å². The zero-order valence-corrected chi connectivity index (χ0v) is 42.9. The summed E-state index contributed by atoms with van der Waals surface area (Å²) in [4.78, 5) is 83.2. The van der Waals surface area contributed by atoms with E-state index in [1.165, 1.54) is 6.92 Å². The van der Waals surface area contributed by atoms with E-state index in [4.69, 9.17) is 28.4 Å². The van der Waals surface area contributed by atoms with Gasteiger partial charge in [0.05, 0.1) is 47.6 Å². The summed E-state index contributed by atoms with van der Waals surface area (Å²) in [6.07, 6.45) is 1.93. The molecule has 14 atom stereocenters. The number of ether oxygens (including phenoxy) is 6. The van der Waals surface area contributed by atoms with Crippen LogP contribution in [0.2, 0.25) is 0 Å². The highest BCUT2D eigenvalue weighted by atomic mass is 16.7. The number of ketones is 2. The molecule has 0 saturated carbocycles. The van der Waals surface area contributed by atoms with Gasteiger partial charge in [-0.1, -0.05) is 76.2 Å². The number of Topliss-reactive ketones (excluding diaryl/α,β-unsaturated/α-hetero) is 2. The lowest BCUT2D eigenvalue weighted by Crippen LogP contribution is -2.61. The van der Waals surface area contributed by atoms with Crippen LogP contribution in [0, 0.1) is 29.6 Å². The number of fused-ring (bicyclic) bond motifs is 2. The topological polar surface area (TPSA) is 163 Å². The van der Waals surface area contributed by atoms with Gasteiger partial charge in [-0.05, 0) is 117 Å². The lowest BCUT2D eigenvalue weighted by molar-refractivity contribution is -0.296. The molecule has 4 aliphatic heterocycles. The number of esters is 2. The molecule has 15 nitrogen and oxygen atoms in total. The van der Waals surface area contributed by atoms with Gasteiger partial charge in [0.2, 0.25) is 0 Å². The van der Waals surface area contributed by atoms with Crippen LogP contribution in [0.1, 0.15) is 97.0 Å². The average molecular weight is 967 g/mol. The van der Waals surface area contributed by atoms with Crippen LogP contribution in [0.15, 0.2) is 72.9 Å². The second-order valence-electron chi connectivity index (χ2n) is 21.0. The van der Waals surface area contributed by atoms with E-state index in [2.05, 4.69) is 9.88 Å². The van der Waals surface area contributed by atoms with Crippen LogP contribution in [0.3, 0.4) is 0 Å². The van der Waals surface area contributed by atoms with E-state index in [0.29, 0.717) is 18.5 Å². The smallest absolute Gasteiger partial charge is 0.410 e. The predicted octanol–water partition coefficient (Wildman–Crippen LogP) is 7.64. The quantitative estimate of drug-likeness (QED) is 0.0989. The third kappa shape index (κ3) is 11.3. The Labute approximate surface area is 413 Å². The Morgan fingerprint density at radius 2 is 1.67 bits per heavy atom. The molecule has 15 heteroatoms. The van der Waals surface area contributed by atoms with Gasteiger partial charge in [-0.25, -0.2) is 9.59 Å². The third-order valence-electron chi connectivity index (χ3n) is 15.3. The first-order valence-electron chi connectivity index (χ1n) is 25.1. The fourth-order valence-corrected chi connectivity index (χ4v) is 11.5. The number of nitrogens with zero attached hydrogens (tertiary/aromatic N) is 4. The minimum Gasteiger partial charge on any atom is -0.458 e. The highest BCUT2D eigenvalue weighted by Crippen LogP contribution is 2.44. The van der Waals surface area contributed by atoms with Crippen LogP contribution in [0.25, 0.3) is 17.0 Å². The molecule has 0 spiro atoms. The molecule has 4 fully saturated rings. The van der Waals surface area contributed by atoms with E-state index in [1.54, 1.807) is 49.2 Å². The van der Waals surface area contributed by atoms with Crippen LogP contribution in [0.5, 0.6) is 0 Å². The van der Waals surface area contributed by atoms with E-state index in [1.807, 2.05) is 109 Å². The molecule has 4 saturated heterocycles. The van der Waals surface area contributed by atoms with Crippen LogP contribution in [-0.4, -0.2) is 151 Å². The van der Waals surface area contributed by atoms with E-state index in [0.717, 1.165) is 36.0 Å². The molecule has 0 bridgehead atoms. The predicted molar refractivity (Wildman–Crippen MR) is 265 cm³/mol. The van der Waals surface area contributed by atoms with Crippen molar-refractivity contribution >= 4 is 46.6 Å². The van der Waals surface area contributed by atoms with Crippen molar-refractivity contribution in [2.24, 2.45) is 29.6 Å². The zero-order valence-electron chi connectivity index (χ0n) is 42.9. The number of likely N-dealkylation sites (N-methyl/N-ethyl adjacent to an activating group) is 1. The number of aromatic nitrogens is 1. The summed E-state index contributed by atoms with van der Waals surface area (Å²) in [7, 11) is 5.84. The van der Waals surface area contributed by atoms with E-state index in [9.17, 15) is 14.4 Å². The molecule has 1 unspecified atom stereocenters. The van der Waals surface area contributed by atoms with Crippen molar-refractivity contribution in [2.75, 3.05) is 47.4 Å². The Morgan fingerprint density at radius 1 is 0.957 bits per heavy atom. The molecular formula is C55H74N4O11. The number of rotatable bonds is 12. The number of amides is 1. The van der Waals surface area contributed by atoms with Gasteiger partial charge < -0.3 is 38.2 Å². The number of likely N-dealkylation sites (tertiary alicyclic amines) is 1. The number of para-hydroxylation sites is 1. The van der Waals surface area contributed by atoms with Gasteiger partial charge in [0, 0.05) is 42.4 Å². The maximum Gasteiger partial charge on any atom is 0.410 e. The van der Waals surface area contributed by atoms with Crippen molar-refractivity contribution in [1.29, 1.82) is 0 Å². The number of hydrogen-bond donors (Lipinski definition) is 0. The van der Waals surface area contributed by atoms with Crippen LogP contribution in [-0.2, 0) is 42.8 Å². The summed E-state index contributed by atoms with van der Waals surface area (Å²) in [5.74, 6) is -5.75. The molecule has 3 aromatic rings. The molecule has 70 heavy (non-hydrogen) atoms. The van der Waals surface area contributed by atoms with Crippen molar-refractivity contribution < 1.29 is 52.4 Å². The van der Waals surface area contributed by atoms with E-state index >= 15 is 9.59 Å². The number of carbonyl (C=O) groups is 5. The molecule has 0 radical (unpaired) electrons. The zero-order chi connectivity index (χ0) is 50.7. The molecule has 7 rings (SSSR count). The SMILES string of the molecule is CC[C@H]1OC(=O)[C@H](C)C(=O)[C@H](C)[C@@H](O[C@@H]2O[C@H](C)C[C@H](N(C)C)[C@H]2OC(=O)c2ccccc2)[C@](C)(OC/C=C/c2cnc3ccccc3c2)C[C@@H](C)C(=O)[C@H](C)[C@H]2N(CC3CCN(C)C3)C(=O)O[C@]12C. The van der Waals surface area contributed by atoms with Gasteiger partial charge in [0.15, 0.2) is 23.8 Å². The summed E-state index contributed by atoms with van der Waals surface area (Å²) < 4.78 is 39.6. The van der Waals surface area contributed by atoms with Crippen molar-refractivity contribution in [1.82, 2.24) is 19.7 Å². The first-order chi connectivity index (χ1) is 33.2. The van der Waals surface area contributed by atoms with Crippen LogP contribution >= 0.6 is 0 Å². The van der Waals surface area contributed by atoms with E-state index in [-0.39, 0.29) is 43.3 Å². The Morgan fingerprint density at radius 3 is 2.36 bits per heavy atom. The molecular weight excluding hydrogens is 893 g/mol. The molecule has 380 valence electrons. The fourth-order valence-electron chi connectivity index (χ4n) is 11.5. The maximum atomic E-state index is 15.3. The fraction of sp³-hybridized carbons (Fsp3) is 0.600. The summed E-state index contributed by atoms with van der Waals surface area (Å²) in [5, 5.41) is 0.976. The number of hydrogen-bond acceptors (Lipinski definition) is 14. The molecule has 2 aromatic carbocycles. The van der Waals surface area contributed by atoms with Gasteiger partial charge in [0.1, 0.15) is 17.8 Å². The Balaban J connectivity index is 1.30. The highest BCUT2D eigenvalue weighted by Gasteiger charge is 2.61. The lowest BCUT2D eigenvalue weighted by Gasteiger charge is -2.48. The average Bonchev–Trinajstić information content (AvgIpc) is 3.87. The second kappa shape index (κ2) is 22.1. The van der Waals surface area contributed by atoms with Crippen molar-refractivity contribution in [3.63, 3.8) is 0 Å². The molecule has 1 amide bonds. The molecule has 4 aliphatic rings.